The van der Waals surface area contributed by atoms with Crippen LogP contribution in [0.15, 0.2) is 33.6 Å². The molecule has 0 atom stereocenters. The number of rotatable bonds is 7. The van der Waals surface area contributed by atoms with Gasteiger partial charge in [-0.25, -0.2) is 8.42 Å². The largest absolute Gasteiger partial charge is 0.465 e. The molecule has 2 rings (SSSR count). The van der Waals surface area contributed by atoms with E-state index in [1.807, 2.05) is 11.8 Å². The molecule has 1 aliphatic heterocycles. The van der Waals surface area contributed by atoms with Gasteiger partial charge in [-0.2, -0.15) is 4.31 Å². The normalized spacial score (nSPS) is 16.9. The highest BCUT2D eigenvalue weighted by molar-refractivity contribution is 9.10. The van der Waals surface area contributed by atoms with E-state index in [0.29, 0.717) is 32.8 Å². The highest BCUT2D eigenvalue weighted by atomic mass is 79.9. The molecule has 1 fully saturated rings. The van der Waals surface area contributed by atoms with Crippen molar-refractivity contribution < 1.29 is 17.9 Å². The quantitative estimate of drug-likeness (QED) is 0.500. The fourth-order valence-corrected chi connectivity index (χ4v) is 4.13. The van der Waals surface area contributed by atoms with Crippen LogP contribution in [0.25, 0.3) is 0 Å². The zero-order valence-corrected chi connectivity index (χ0v) is 16.2. The van der Waals surface area contributed by atoms with Gasteiger partial charge >= 0.3 is 5.97 Å². The zero-order valence-electron chi connectivity index (χ0n) is 13.8. The van der Waals surface area contributed by atoms with Gasteiger partial charge in [0.15, 0.2) is 0 Å². The van der Waals surface area contributed by atoms with Crippen LogP contribution in [0.2, 0.25) is 0 Å². The Balaban J connectivity index is 1.85. The SMILES string of the molecule is CCCCOC(=O)CN1CCN(S(=O)(=O)c2ccc(Br)cc2)CC1. The molecular weight excluding hydrogens is 396 g/mol. The van der Waals surface area contributed by atoms with Gasteiger partial charge in [0.1, 0.15) is 0 Å². The van der Waals surface area contributed by atoms with Crippen LogP contribution in [0.5, 0.6) is 0 Å². The molecule has 1 aromatic rings. The molecule has 0 amide bonds. The third-order valence-corrected chi connectivity index (χ3v) is 6.34. The molecule has 6 nitrogen and oxygen atoms in total. The Morgan fingerprint density at radius 2 is 1.79 bits per heavy atom. The van der Waals surface area contributed by atoms with Crippen molar-refractivity contribution in [1.29, 1.82) is 0 Å². The van der Waals surface area contributed by atoms with Crippen molar-refractivity contribution in [3.05, 3.63) is 28.7 Å². The molecule has 0 saturated carbocycles. The number of hydrogen-bond donors (Lipinski definition) is 0. The highest BCUT2D eigenvalue weighted by Gasteiger charge is 2.29. The van der Waals surface area contributed by atoms with Gasteiger partial charge < -0.3 is 4.74 Å². The monoisotopic (exact) mass is 418 g/mol. The molecule has 24 heavy (non-hydrogen) atoms. The summed E-state index contributed by atoms with van der Waals surface area (Å²) in [5.74, 6) is -0.243. The lowest BCUT2D eigenvalue weighted by Crippen LogP contribution is -2.49. The molecule has 0 N–H and O–H groups in total. The van der Waals surface area contributed by atoms with Crippen molar-refractivity contribution in [3.8, 4) is 0 Å². The fraction of sp³-hybridized carbons (Fsp3) is 0.562. The standard InChI is InChI=1S/C16H23BrN2O4S/c1-2-3-12-23-16(20)13-18-8-10-19(11-9-18)24(21,22)15-6-4-14(17)5-7-15/h4-7H,2-3,8-13H2,1H3. The number of esters is 1. The molecule has 0 aliphatic carbocycles. The van der Waals surface area contributed by atoms with Gasteiger partial charge in [0.2, 0.25) is 10.0 Å². The zero-order chi connectivity index (χ0) is 17.6. The van der Waals surface area contributed by atoms with E-state index in [1.165, 1.54) is 4.31 Å². The number of unbranched alkanes of at least 4 members (excludes halogenated alkanes) is 1. The summed E-state index contributed by atoms with van der Waals surface area (Å²) in [6, 6.07) is 6.62. The third-order valence-electron chi connectivity index (χ3n) is 3.90. The van der Waals surface area contributed by atoms with E-state index in [4.69, 9.17) is 4.74 Å². The highest BCUT2D eigenvalue weighted by Crippen LogP contribution is 2.20. The second kappa shape index (κ2) is 8.94. The Labute approximate surface area is 151 Å². The fourth-order valence-electron chi connectivity index (χ4n) is 2.44. The first-order valence-corrected chi connectivity index (χ1v) is 10.3. The molecule has 1 aromatic carbocycles. The Bertz CT molecular complexity index is 641. The number of carbonyl (C=O) groups is 1. The molecule has 1 saturated heterocycles. The van der Waals surface area contributed by atoms with Crippen molar-refractivity contribution >= 4 is 31.9 Å². The minimum atomic E-state index is -3.48. The number of benzene rings is 1. The first-order valence-electron chi connectivity index (χ1n) is 8.07. The number of halogens is 1. The van der Waals surface area contributed by atoms with Crippen LogP contribution in [0.1, 0.15) is 19.8 Å². The van der Waals surface area contributed by atoms with Gasteiger partial charge in [0.25, 0.3) is 0 Å². The molecule has 0 bridgehead atoms. The van der Waals surface area contributed by atoms with Crippen molar-refractivity contribution in [2.45, 2.75) is 24.7 Å². The lowest BCUT2D eigenvalue weighted by Gasteiger charge is -2.33. The van der Waals surface area contributed by atoms with Gasteiger partial charge in [-0.05, 0) is 30.7 Å². The summed E-state index contributed by atoms with van der Waals surface area (Å²) in [4.78, 5) is 13.9. The van der Waals surface area contributed by atoms with Gasteiger partial charge in [-0.1, -0.05) is 29.3 Å². The number of ether oxygens (including phenoxy) is 1. The Hall–Kier alpha value is -0.960. The second-order valence-electron chi connectivity index (χ2n) is 5.71. The summed E-state index contributed by atoms with van der Waals surface area (Å²) in [5, 5.41) is 0. The van der Waals surface area contributed by atoms with Crippen molar-refractivity contribution in [2.24, 2.45) is 0 Å². The van der Waals surface area contributed by atoms with Crippen LogP contribution in [0.4, 0.5) is 0 Å². The minimum absolute atomic E-state index is 0.218. The first-order chi connectivity index (χ1) is 11.4. The summed E-state index contributed by atoms with van der Waals surface area (Å²) >= 11 is 3.30. The molecular formula is C16H23BrN2O4S. The van der Waals surface area contributed by atoms with Gasteiger partial charge in [-0.15, -0.1) is 0 Å². The molecule has 8 heteroatoms. The second-order valence-corrected chi connectivity index (χ2v) is 8.56. The molecule has 0 radical (unpaired) electrons. The smallest absolute Gasteiger partial charge is 0.320 e. The van der Waals surface area contributed by atoms with Crippen molar-refractivity contribution in [3.63, 3.8) is 0 Å². The number of piperazine rings is 1. The van der Waals surface area contributed by atoms with Crippen LogP contribution in [0, 0.1) is 0 Å². The van der Waals surface area contributed by atoms with Gasteiger partial charge in [0.05, 0.1) is 18.0 Å². The van der Waals surface area contributed by atoms with Crippen molar-refractivity contribution in [1.82, 2.24) is 9.21 Å². The Morgan fingerprint density at radius 1 is 1.17 bits per heavy atom. The molecule has 0 unspecified atom stereocenters. The molecule has 0 aromatic heterocycles. The van der Waals surface area contributed by atoms with E-state index in [1.54, 1.807) is 24.3 Å². The molecule has 0 spiro atoms. The van der Waals surface area contributed by atoms with Crippen molar-refractivity contribution in [2.75, 3.05) is 39.3 Å². The maximum atomic E-state index is 12.6. The number of nitrogens with zero attached hydrogens (tertiary/aromatic N) is 2. The van der Waals surface area contributed by atoms with Crippen LogP contribution in [-0.2, 0) is 19.6 Å². The Morgan fingerprint density at radius 3 is 2.38 bits per heavy atom. The topological polar surface area (TPSA) is 66.9 Å². The molecule has 1 heterocycles. The van der Waals surface area contributed by atoms with E-state index < -0.39 is 10.0 Å². The molecule has 134 valence electrons. The van der Waals surface area contributed by atoms with E-state index in [0.717, 1.165) is 17.3 Å². The summed E-state index contributed by atoms with van der Waals surface area (Å²) in [7, 11) is -3.48. The van der Waals surface area contributed by atoms with E-state index in [9.17, 15) is 13.2 Å². The summed E-state index contributed by atoms with van der Waals surface area (Å²) in [5.41, 5.74) is 0. The number of hydrogen-bond acceptors (Lipinski definition) is 5. The number of sulfonamides is 1. The van der Waals surface area contributed by atoms with E-state index >= 15 is 0 Å². The van der Waals surface area contributed by atoms with Crippen LogP contribution < -0.4 is 0 Å². The predicted molar refractivity (Wildman–Crippen MR) is 95.2 cm³/mol. The average molecular weight is 419 g/mol. The average Bonchev–Trinajstić information content (AvgIpc) is 2.56. The summed E-state index contributed by atoms with van der Waals surface area (Å²) in [6.07, 6.45) is 1.85. The first kappa shape index (κ1) is 19.4. The van der Waals surface area contributed by atoms with E-state index in [-0.39, 0.29) is 17.4 Å². The summed E-state index contributed by atoms with van der Waals surface area (Å²) < 4.78 is 32.7. The van der Waals surface area contributed by atoms with Crippen LogP contribution >= 0.6 is 15.9 Å². The van der Waals surface area contributed by atoms with Gasteiger partial charge in [0, 0.05) is 30.7 Å². The third kappa shape index (κ3) is 5.27. The Kier molecular flexibility index (Phi) is 7.21. The molecule has 1 aliphatic rings. The van der Waals surface area contributed by atoms with Gasteiger partial charge in [-0.3, -0.25) is 9.69 Å². The lowest BCUT2D eigenvalue weighted by atomic mass is 10.3. The minimum Gasteiger partial charge on any atom is -0.465 e. The summed E-state index contributed by atoms with van der Waals surface area (Å²) in [6.45, 7) is 4.51. The van der Waals surface area contributed by atoms with E-state index in [2.05, 4.69) is 15.9 Å². The van der Waals surface area contributed by atoms with Crippen LogP contribution in [0.3, 0.4) is 0 Å². The predicted octanol–water partition coefficient (Wildman–Crippen LogP) is 2.10. The lowest BCUT2D eigenvalue weighted by molar-refractivity contribution is -0.145. The number of carbonyl (C=O) groups excluding carboxylic acids is 1. The maximum Gasteiger partial charge on any atom is 0.320 e. The van der Waals surface area contributed by atoms with Crippen LogP contribution in [-0.4, -0.2) is 62.9 Å². The maximum absolute atomic E-state index is 12.6.